The highest BCUT2D eigenvalue weighted by atomic mass is 127. The number of hydrogen-bond acceptors (Lipinski definition) is 3. The summed E-state index contributed by atoms with van der Waals surface area (Å²) in [4.78, 5) is 8.85. The summed E-state index contributed by atoms with van der Waals surface area (Å²) in [5.41, 5.74) is 0.321. The van der Waals surface area contributed by atoms with Crippen molar-refractivity contribution in [2.24, 2.45) is 17.8 Å². The predicted octanol–water partition coefficient (Wildman–Crippen LogP) is 3.46. The molecule has 18 heavy (non-hydrogen) atoms. The van der Waals surface area contributed by atoms with Gasteiger partial charge in [0.15, 0.2) is 0 Å². The first kappa shape index (κ1) is 11.4. The third-order valence-electron chi connectivity index (χ3n) is 5.04. The molecule has 4 fully saturated rings. The van der Waals surface area contributed by atoms with Crippen LogP contribution >= 0.6 is 22.6 Å². The summed E-state index contributed by atoms with van der Waals surface area (Å²) >= 11 is 2.25. The maximum Gasteiger partial charge on any atom is 0.223 e. The van der Waals surface area contributed by atoms with Crippen LogP contribution in [0.4, 0.5) is 5.95 Å². The number of nitrogens with zero attached hydrogens (tertiary/aromatic N) is 2. The fraction of sp³-hybridized carbons (Fsp3) is 0.714. The molecule has 4 aliphatic carbocycles. The van der Waals surface area contributed by atoms with Crippen molar-refractivity contribution >= 4 is 28.5 Å². The molecule has 0 spiro atoms. The molecule has 1 heterocycles. The zero-order chi connectivity index (χ0) is 12.2. The van der Waals surface area contributed by atoms with E-state index in [0.717, 1.165) is 27.3 Å². The molecular weight excluding hydrogens is 337 g/mol. The molecule has 1 aromatic heterocycles. The molecular formula is C14H18IN3. The van der Waals surface area contributed by atoms with Crippen LogP contribution in [0.15, 0.2) is 12.4 Å². The summed E-state index contributed by atoms with van der Waals surface area (Å²) in [5.74, 6) is 3.73. The second-order valence-electron chi connectivity index (χ2n) is 6.55. The van der Waals surface area contributed by atoms with Crippen LogP contribution < -0.4 is 5.32 Å². The quantitative estimate of drug-likeness (QED) is 0.826. The minimum absolute atomic E-state index is 0.321. The van der Waals surface area contributed by atoms with E-state index in [4.69, 9.17) is 0 Å². The van der Waals surface area contributed by atoms with Crippen LogP contribution in [0.2, 0.25) is 0 Å². The molecule has 0 aromatic carbocycles. The van der Waals surface area contributed by atoms with Crippen LogP contribution in [-0.2, 0) is 0 Å². The molecule has 0 radical (unpaired) electrons. The van der Waals surface area contributed by atoms with Crippen LogP contribution in [0, 0.1) is 21.3 Å². The van der Waals surface area contributed by atoms with Crippen molar-refractivity contribution in [3.05, 3.63) is 16.0 Å². The van der Waals surface area contributed by atoms with Gasteiger partial charge in [0.25, 0.3) is 0 Å². The van der Waals surface area contributed by atoms with Crippen molar-refractivity contribution in [3.8, 4) is 0 Å². The van der Waals surface area contributed by atoms with E-state index in [1.165, 1.54) is 38.5 Å². The lowest BCUT2D eigenvalue weighted by molar-refractivity contribution is 0.0103. The summed E-state index contributed by atoms with van der Waals surface area (Å²) in [7, 11) is 0. The summed E-state index contributed by atoms with van der Waals surface area (Å²) in [5, 5.41) is 3.69. The second-order valence-corrected chi connectivity index (χ2v) is 7.79. The van der Waals surface area contributed by atoms with E-state index in [2.05, 4.69) is 37.9 Å². The Morgan fingerprint density at radius 1 is 1.00 bits per heavy atom. The third-order valence-corrected chi connectivity index (χ3v) is 5.59. The van der Waals surface area contributed by atoms with E-state index in [1.54, 1.807) is 0 Å². The number of anilines is 1. The number of halogens is 1. The van der Waals surface area contributed by atoms with Crippen LogP contribution in [-0.4, -0.2) is 15.5 Å². The molecule has 4 saturated carbocycles. The Labute approximate surface area is 121 Å². The molecule has 0 aliphatic heterocycles. The Balaban J connectivity index is 1.58. The molecule has 4 heteroatoms. The summed E-state index contributed by atoms with van der Waals surface area (Å²) in [6.07, 6.45) is 12.3. The van der Waals surface area contributed by atoms with Crippen molar-refractivity contribution in [2.75, 3.05) is 5.32 Å². The zero-order valence-electron chi connectivity index (χ0n) is 10.4. The fourth-order valence-electron chi connectivity index (χ4n) is 4.88. The van der Waals surface area contributed by atoms with Gasteiger partial charge >= 0.3 is 0 Å². The molecule has 96 valence electrons. The lowest BCUT2D eigenvalue weighted by Crippen LogP contribution is -2.55. The summed E-state index contributed by atoms with van der Waals surface area (Å²) in [6.45, 7) is 0. The van der Waals surface area contributed by atoms with Crippen LogP contribution in [0.5, 0.6) is 0 Å². The largest absolute Gasteiger partial charge is 0.349 e. The van der Waals surface area contributed by atoms with Gasteiger partial charge in [-0.1, -0.05) is 0 Å². The van der Waals surface area contributed by atoms with Crippen LogP contribution in [0.25, 0.3) is 0 Å². The first-order valence-corrected chi connectivity index (χ1v) is 8.04. The minimum atomic E-state index is 0.321. The van der Waals surface area contributed by atoms with Gasteiger partial charge in [-0.2, -0.15) is 0 Å². The average molecular weight is 355 g/mol. The van der Waals surface area contributed by atoms with Gasteiger partial charge in [-0.05, 0) is 78.9 Å². The topological polar surface area (TPSA) is 37.8 Å². The summed E-state index contributed by atoms with van der Waals surface area (Å²) in [6, 6.07) is 0. The Kier molecular flexibility index (Phi) is 2.57. The molecule has 4 bridgehead atoms. The van der Waals surface area contributed by atoms with Gasteiger partial charge < -0.3 is 5.32 Å². The van der Waals surface area contributed by atoms with E-state index >= 15 is 0 Å². The van der Waals surface area contributed by atoms with E-state index in [1.807, 2.05) is 12.4 Å². The molecule has 4 aliphatic rings. The van der Waals surface area contributed by atoms with Crippen LogP contribution in [0.1, 0.15) is 38.5 Å². The molecule has 5 rings (SSSR count). The van der Waals surface area contributed by atoms with Crippen molar-refractivity contribution < 1.29 is 0 Å². The lowest BCUT2D eigenvalue weighted by atomic mass is 9.53. The highest BCUT2D eigenvalue weighted by Crippen LogP contribution is 2.56. The number of nitrogens with one attached hydrogen (secondary N) is 1. The minimum Gasteiger partial charge on any atom is -0.349 e. The lowest BCUT2D eigenvalue weighted by Gasteiger charge is -2.56. The maximum atomic E-state index is 4.42. The average Bonchev–Trinajstić information content (AvgIpc) is 2.30. The van der Waals surface area contributed by atoms with E-state index in [-0.39, 0.29) is 0 Å². The number of rotatable bonds is 2. The van der Waals surface area contributed by atoms with Crippen molar-refractivity contribution in [1.29, 1.82) is 0 Å². The van der Waals surface area contributed by atoms with Gasteiger partial charge in [-0.15, -0.1) is 0 Å². The molecule has 0 unspecified atom stereocenters. The smallest absolute Gasteiger partial charge is 0.223 e. The fourth-order valence-corrected chi connectivity index (χ4v) is 5.16. The van der Waals surface area contributed by atoms with Gasteiger partial charge in [-0.25, -0.2) is 9.97 Å². The Morgan fingerprint density at radius 2 is 1.50 bits per heavy atom. The highest BCUT2D eigenvalue weighted by molar-refractivity contribution is 14.1. The number of hydrogen-bond donors (Lipinski definition) is 1. The number of aromatic nitrogens is 2. The summed E-state index contributed by atoms with van der Waals surface area (Å²) < 4.78 is 1.10. The van der Waals surface area contributed by atoms with E-state index < -0.39 is 0 Å². The van der Waals surface area contributed by atoms with E-state index in [9.17, 15) is 0 Å². The monoisotopic (exact) mass is 355 g/mol. The molecule has 0 atom stereocenters. The Morgan fingerprint density at radius 3 is 2.00 bits per heavy atom. The second kappa shape index (κ2) is 4.05. The highest BCUT2D eigenvalue weighted by Gasteiger charge is 2.51. The Hall–Kier alpha value is -0.390. The van der Waals surface area contributed by atoms with Gasteiger partial charge in [-0.3, -0.25) is 0 Å². The first-order valence-electron chi connectivity index (χ1n) is 6.96. The Bertz CT molecular complexity index is 421. The van der Waals surface area contributed by atoms with Crippen molar-refractivity contribution in [1.82, 2.24) is 9.97 Å². The standard InChI is InChI=1S/C14H18IN3/c15-12-7-16-13(17-8-12)18-14-4-9-1-10(5-14)3-11(2-9)6-14/h7-11H,1-6H2,(H,16,17,18). The SMILES string of the molecule is Ic1cnc(NC23CC4CC(CC(C4)C2)C3)nc1. The normalized spacial score (nSPS) is 41.1. The zero-order valence-corrected chi connectivity index (χ0v) is 12.6. The predicted molar refractivity (Wildman–Crippen MR) is 79.3 cm³/mol. The van der Waals surface area contributed by atoms with Gasteiger partial charge in [0.05, 0.1) is 0 Å². The van der Waals surface area contributed by atoms with Crippen molar-refractivity contribution in [2.45, 2.75) is 44.1 Å². The maximum absolute atomic E-state index is 4.42. The molecule has 0 saturated heterocycles. The van der Waals surface area contributed by atoms with Gasteiger partial charge in [0, 0.05) is 21.5 Å². The first-order chi connectivity index (χ1) is 8.71. The van der Waals surface area contributed by atoms with Crippen LogP contribution in [0.3, 0.4) is 0 Å². The molecule has 1 aromatic rings. The van der Waals surface area contributed by atoms with Gasteiger partial charge in [0.1, 0.15) is 0 Å². The third kappa shape index (κ3) is 1.92. The van der Waals surface area contributed by atoms with E-state index in [0.29, 0.717) is 5.54 Å². The molecule has 3 nitrogen and oxygen atoms in total. The molecule has 1 N–H and O–H groups in total. The van der Waals surface area contributed by atoms with Crippen molar-refractivity contribution in [3.63, 3.8) is 0 Å². The molecule has 0 amide bonds. The van der Waals surface area contributed by atoms with Gasteiger partial charge in [0.2, 0.25) is 5.95 Å².